The lowest BCUT2D eigenvalue weighted by molar-refractivity contribution is 0.0644. The number of hydrogen-bond donors (Lipinski definition) is 1. The van der Waals surface area contributed by atoms with Crippen LogP contribution in [0.1, 0.15) is 52.2 Å². The molecular formula is C28H31N5O2. The molecule has 180 valence electrons. The Kier molecular flexibility index (Phi) is 6.86. The molecule has 0 bridgehead atoms. The van der Waals surface area contributed by atoms with E-state index in [1.807, 2.05) is 59.5 Å². The monoisotopic (exact) mass is 469 g/mol. The zero-order valence-corrected chi connectivity index (χ0v) is 20.1. The molecule has 3 aromatic rings. The quantitative estimate of drug-likeness (QED) is 0.599. The summed E-state index contributed by atoms with van der Waals surface area (Å²) in [7, 11) is 0. The van der Waals surface area contributed by atoms with Gasteiger partial charge in [-0.15, -0.1) is 0 Å². The van der Waals surface area contributed by atoms with E-state index in [2.05, 4.69) is 20.2 Å². The number of likely N-dealkylation sites (tertiary alicyclic amines) is 2. The number of aromatic nitrogens is 2. The fourth-order valence-corrected chi connectivity index (χ4v) is 5.02. The summed E-state index contributed by atoms with van der Waals surface area (Å²) in [6.07, 6.45) is 6.37. The van der Waals surface area contributed by atoms with Gasteiger partial charge in [0.15, 0.2) is 0 Å². The van der Waals surface area contributed by atoms with Crippen molar-refractivity contribution in [3.8, 4) is 11.3 Å². The van der Waals surface area contributed by atoms with Crippen LogP contribution in [0.4, 0.5) is 5.69 Å². The maximum atomic E-state index is 13.1. The van der Waals surface area contributed by atoms with E-state index < -0.39 is 0 Å². The highest BCUT2D eigenvalue weighted by atomic mass is 16.2. The Hall–Kier alpha value is -3.58. The van der Waals surface area contributed by atoms with Crippen LogP contribution in [-0.2, 0) is 0 Å². The summed E-state index contributed by atoms with van der Waals surface area (Å²) in [6.45, 7) is 5.80. The maximum Gasteiger partial charge on any atom is 0.276 e. The van der Waals surface area contributed by atoms with Crippen LogP contribution >= 0.6 is 0 Å². The van der Waals surface area contributed by atoms with Crippen molar-refractivity contribution in [3.63, 3.8) is 0 Å². The second-order valence-corrected chi connectivity index (χ2v) is 9.35. The van der Waals surface area contributed by atoms with E-state index in [9.17, 15) is 9.59 Å². The largest absolute Gasteiger partial charge is 0.339 e. The van der Waals surface area contributed by atoms with Gasteiger partial charge in [-0.2, -0.15) is 0 Å². The van der Waals surface area contributed by atoms with Gasteiger partial charge in [0.05, 0.1) is 17.6 Å². The lowest BCUT2D eigenvalue weighted by atomic mass is 10.0. The smallest absolute Gasteiger partial charge is 0.276 e. The molecule has 7 heteroatoms. The molecule has 1 N–H and O–H groups in total. The van der Waals surface area contributed by atoms with Crippen LogP contribution in [0.2, 0.25) is 0 Å². The summed E-state index contributed by atoms with van der Waals surface area (Å²) >= 11 is 0. The number of nitrogens with zero attached hydrogens (tertiary/aromatic N) is 4. The lowest BCUT2D eigenvalue weighted by Gasteiger charge is -2.36. The number of para-hydroxylation sites is 1. The summed E-state index contributed by atoms with van der Waals surface area (Å²) in [5, 5.41) is 2.86. The number of rotatable bonds is 5. The van der Waals surface area contributed by atoms with Crippen molar-refractivity contribution in [3.05, 3.63) is 77.7 Å². The number of amides is 2. The average molecular weight is 470 g/mol. The topological polar surface area (TPSA) is 78.4 Å². The van der Waals surface area contributed by atoms with Crippen molar-refractivity contribution in [2.45, 2.75) is 38.6 Å². The van der Waals surface area contributed by atoms with E-state index in [4.69, 9.17) is 0 Å². The molecule has 35 heavy (non-hydrogen) atoms. The Morgan fingerprint density at radius 1 is 0.914 bits per heavy atom. The molecular weight excluding hydrogens is 438 g/mol. The highest BCUT2D eigenvalue weighted by molar-refractivity contribution is 6.03. The summed E-state index contributed by atoms with van der Waals surface area (Å²) in [5.74, 6) is -0.221. The van der Waals surface area contributed by atoms with Crippen LogP contribution in [0.15, 0.2) is 60.8 Å². The number of carbonyl (C=O) groups is 2. The first-order valence-corrected chi connectivity index (χ1v) is 12.4. The van der Waals surface area contributed by atoms with Crippen LogP contribution < -0.4 is 5.32 Å². The van der Waals surface area contributed by atoms with Gasteiger partial charge in [0.25, 0.3) is 11.8 Å². The average Bonchev–Trinajstić information content (AvgIpc) is 3.44. The van der Waals surface area contributed by atoms with E-state index in [0.717, 1.165) is 31.5 Å². The van der Waals surface area contributed by atoms with Crippen LogP contribution in [0, 0.1) is 6.92 Å². The first kappa shape index (κ1) is 23.2. The fourth-order valence-electron chi connectivity index (χ4n) is 5.02. The van der Waals surface area contributed by atoms with E-state index in [1.54, 1.807) is 13.1 Å². The normalized spacial score (nSPS) is 16.9. The molecule has 3 heterocycles. The van der Waals surface area contributed by atoms with Gasteiger partial charge in [0, 0.05) is 35.9 Å². The second-order valence-electron chi connectivity index (χ2n) is 9.35. The highest BCUT2D eigenvalue weighted by Crippen LogP contribution is 2.24. The number of piperidine rings is 1. The molecule has 0 spiro atoms. The highest BCUT2D eigenvalue weighted by Gasteiger charge is 2.28. The summed E-state index contributed by atoms with van der Waals surface area (Å²) in [5.41, 5.74) is 3.64. The van der Waals surface area contributed by atoms with Gasteiger partial charge in [0.2, 0.25) is 0 Å². The molecule has 2 saturated heterocycles. The van der Waals surface area contributed by atoms with E-state index in [0.29, 0.717) is 28.7 Å². The third-order valence-corrected chi connectivity index (χ3v) is 7.04. The van der Waals surface area contributed by atoms with Crippen molar-refractivity contribution >= 4 is 17.5 Å². The van der Waals surface area contributed by atoms with Crippen molar-refractivity contribution in [2.24, 2.45) is 0 Å². The molecule has 0 aliphatic carbocycles. The van der Waals surface area contributed by atoms with E-state index in [-0.39, 0.29) is 17.5 Å². The van der Waals surface area contributed by atoms with Crippen LogP contribution in [0.25, 0.3) is 11.3 Å². The molecule has 0 atom stereocenters. The standard InChI is InChI=1S/C28H31N5O2/c1-20-26(27(34)30-23-7-3-2-4-8-23)31-25(19-29-20)21-9-11-22(12-10-21)28(35)33-17-13-24(14-18-33)32-15-5-6-16-32/h2-4,7-12,19,24H,5-6,13-18H2,1H3,(H,30,34). The number of hydrogen-bond acceptors (Lipinski definition) is 5. The van der Waals surface area contributed by atoms with Gasteiger partial charge >= 0.3 is 0 Å². The van der Waals surface area contributed by atoms with Gasteiger partial charge in [-0.05, 0) is 70.0 Å². The van der Waals surface area contributed by atoms with Crippen molar-refractivity contribution < 1.29 is 9.59 Å². The molecule has 2 fully saturated rings. The minimum atomic E-state index is -0.299. The van der Waals surface area contributed by atoms with Crippen molar-refractivity contribution in [1.82, 2.24) is 19.8 Å². The minimum Gasteiger partial charge on any atom is -0.339 e. The number of anilines is 1. The number of carbonyl (C=O) groups excluding carboxylic acids is 2. The van der Waals surface area contributed by atoms with Gasteiger partial charge in [-0.25, -0.2) is 4.98 Å². The van der Waals surface area contributed by atoms with Gasteiger partial charge in [-0.1, -0.05) is 30.3 Å². The first-order valence-electron chi connectivity index (χ1n) is 12.4. The third-order valence-electron chi connectivity index (χ3n) is 7.04. The SMILES string of the molecule is Cc1ncc(-c2ccc(C(=O)N3CCC(N4CCCC4)CC3)cc2)nc1C(=O)Nc1ccccc1. The number of aryl methyl sites for hydroxylation is 1. The Morgan fingerprint density at radius 2 is 1.60 bits per heavy atom. The molecule has 2 amide bonds. The molecule has 7 nitrogen and oxygen atoms in total. The zero-order chi connectivity index (χ0) is 24.2. The zero-order valence-electron chi connectivity index (χ0n) is 20.1. The number of benzene rings is 2. The van der Waals surface area contributed by atoms with Gasteiger partial charge < -0.3 is 15.1 Å². The molecule has 2 aliphatic heterocycles. The van der Waals surface area contributed by atoms with E-state index >= 15 is 0 Å². The molecule has 5 rings (SSSR count). The van der Waals surface area contributed by atoms with Crippen LogP contribution in [-0.4, -0.2) is 63.8 Å². The van der Waals surface area contributed by atoms with Gasteiger partial charge in [-0.3, -0.25) is 14.6 Å². The van der Waals surface area contributed by atoms with Crippen molar-refractivity contribution in [2.75, 3.05) is 31.5 Å². The van der Waals surface area contributed by atoms with Crippen LogP contribution in [0.5, 0.6) is 0 Å². The summed E-state index contributed by atoms with van der Waals surface area (Å²) in [4.78, 5) is 39.4. The predicted molar refractivity (Wildman–Crippen MR) is 136 cm³/mol. The summed E-state index contributed by atoms with van der Waals surface area (Å²) in [6, 6.07) is 17.3. The van der Waals surface area contributed by atoms with Crippen molar-refractivity contribution in [1.29, 1.82) is 0 Å². The Bertz CT molecular complexity index is 1180. The van der Waals surface area contributed by atoms with E-state index in [1.165, 1.54) is 25.9 Å². The second kappa shape index (κ2) is 10.4. The Balaban J connectivity index is 1.25. The molecule has 2 aliphatic rings. The number of nitrogens with one attached hydrogen (secondary N) is 1. The van der Waals surface area contributed by atoms with Crippen LogP contribution in [0.3, 0.4) is 0 Å². The first-order chi connectivity index (χ1) is 17.1. The lowest BCUT2D eigenvalue weighted by Crippen LogP contribution is -2.45. The predicted octanol–water partition coefficient (Wildman–Crippen LogP) is 4.40. The summed E-state index contributed by atoms with van der Waals surface area (Å²) < 4.78 is 0. The molecule has 0 unspecified atom stereocenters. The molecule has 2 aromatic carbocycles. The molecule has 1 aromatic heterocycles. The Morgan fingerprint density at radius 3 is 2.29 bits per heavy atom. The molecule has 0 radical (unpaired) electrons. The minimum absolute atomic E-state index is 0.0781. The third kappa shape index (κ3) is 5.25. The maximum absolute atomic E-state index is 13.1. The van der Waals surface area contributed by atoms with Gasteiger partial charge in [0.1, 0.15) is 5.69 Å². The fraction of sp³-hybridized carbons (Fsp3) is 0.357. The Labute approximate surface area is 206 Å². The molecule has 0 saturated carbocycles.